The Balaban J connectivity index is 2.04. The van der Waals surface area contributed by atoms with E-state index >= 15 is 0 Å². The summed E-state index contributed by atoms with van der Waals surface area (Å²) in [6.45, 7) is 1.49. The van der Waals surface area contributed by atoms with Gasteiger partial charge in [0.1, 0.15) is 0 Å². The molecule has 2 N–H and O–H groups in total. The molecule has 0 saturated heterocycles. The summed E-state index contributed by atoms with van der Waals surface area (Å²) >= 11 is 2.18. The van der Waals surface area contributed by atoms with Crippen molar-refractivity contribution < 1.29 is 9.59 Å². The molecule has 0 aliphatic rings. The fourth-order valence-electron chi connectivity index (χ4n) is 1.68. The molecular formula is C15H13IN2O2. The minimum Gasteiger partial charge on any atom is -0.308 e. The van der Waals surface area contributed by atoms with Crippen molar-refractivity contribution in [3.63, 3.8) is 0 Å². The van der Waals surface area contributed by atoms with E-state index in [9.17, 15) is 9.59 Å². The Morgan fingerprint density at radius 1 is 0.950 bits per heavy atom. The number of benzene rings is 2. The van der Waals surface area contributed by atoms with Crippen LogP contribution in [-0.2, 0) is 0 Å². The first kappa shape index (κ1) is 14.5. The van der Waals surface area contributed by atoms with Crippen molar-refractivity contribution in [3.05, 3.63) is 57.7 Å². The predicted molar refractivity (Wildman–Crippen MR) is 88.2 cm³/mol. The number of amides is 2. The molecule has 5 heteroatoms. The second-order valence-corrected chi connectivity index (χ2v) is 5.47. The van der Waals surface area contributed by atoms with E-state index in [1.165, 1.54) is 6.92 Å². The molecule has 4 nitrogen and oxygen atoms in total. The third-order valence-electron chi connectivity index (χ3n) is 2.61. The van der Waals surface area contributed by atoms with Gasteiger partial charge in [-0.15, -0.1) is 0 Å². The number of carbonyl (C=O) groups is 2. The van der Waals surface area contributed by atoms with Gasteiger partial charge in [0.25, 0.3) is 0 Å². The van der Waals surface area contributed by atoms with E-state index in [2.05, 4.69) is 33.2 Å². The third kappa shape index (κ3) is 4.06. The maximum Gasteiger partial charge on any atom is 0.323 e. The molecular weight excluding hydrogens is 367 g/mol. The van der Waals surface area contributed by atoms with Crippen molar-refractivity contribution in [2.75, 3.05) is 10.6 Å². The monoisotopic (exact) mass is 380 g/mol. The van der Waals surface area contributed by atoms with Crippen LogP contribution in [-0.4, -0.2) is 11.8 Å². The molecule has 0 saturated carbocycles. The molecule has 2 amide bonds. The lowest BCUT2D eigenvalue weighted by molar-refractivity contribution is 0.101. The van der Waals surface area contributed by atoms with Crippen LogP contribution < -0.4 is 10.6 Å². The molecule has 0 heterocycles. The number of urea groups is 1. The number of anilines is 2. The van der Waals surface area contributed by atoms with Crippen LogP contribution in [0.25, 0.3) is 0 Å². The molecule has 102 valence electrons. The highest BCUT2D eigenvalue weighted by Crippen LogP contribution is 2.14. The lowest BCUT2D eigenvalue weighted by Gasteiger charge is -2.08. The Kier molecular flexibility index (Phi) is 4.73. The smallest absolute Gasteiger partial charge is 0.308 e. The molecule has 0 atom stereocenters. The van der Waals surface area contributed by atoms with Crippen LogP contribution in [0.5, 0.6) is 0 Å². The van der Waals surface area contributed by atoms with E-state index in [4.69, 9.17) is 0 Å². The fraction of sp³-hybridized carbons (Fsp3) is 0.0667. The van der Waals surface area contributed by atoms with E-state index in [-0.39, 0.29) is 11.8 Å². The molecule has 2 rings (SSSR count). The molecule has 2 aromatic rings. The first-order valence-electron chi connectivity index (χ1n) is 5.99. The van der Waals surface area contributed by atoms with Crippen molar-refractivity contribution in [3.8, 4) is 0 Å². The lowest BCUT2D eigenvalue weighted by atomic mass is 10.1. The van der Waals surface area contributed by atoms with Crippen LogP contribution in [0.1, 0.15) is 17.3 Å². The van der Waals surface area contributed by atoms with Crippen molar-refractivity contribution in [2.45, 2.75) is 6.92 Å². The third-order valence-corrected chi connectivity index (χ3v) is 3.28. The Hall–Kier alpha value is -1.89. The van der Waals surface area contributed by atoms with Gasteiger partial charge in [0.05, 0.1) is 0 Å². The van der Waals surface area contributed by atoms with Crippen molar-refractivity contribution in [1.82, 2.24) is 0 Å². The van der Waals surface area contributed by atoms with Crippen LogP contribution in [0.15, 0.2) is 48.5 Å². The maximum absolute atomic E-state index is 11.9. The molecule has 0 unspecified atom stereocenters. The lowest BCUT2D eigenvalue weighted by Crippen LogP contribution is -2.19. The molecule has 0 aromatic heterocycles. The Labute approximate surface area is 130 Å². The summed E-state index contributed by atoms with van der Waals surface area (Å²) in [7, 11) is 0. The zero-order chi connectivity index (χ0) is 14.5. The summed E-state index contributed by atoms with van der Waals surface area (Å²) in [6.07, 6.45) is 0. The van der Waals surface area contributed by atoms with Crippen molar-refractivity contribution in [1.29, 1.82) is 0 Å². The summed E-state index contributed by atoms with van der Waals surface area (Å²) in [4.78, 5) is 23.1. The van der Waals surface area contributed by atoms with Gasteiger partial charge in [-0.1, -0.05) is 18.2 Å². The summed E-state index contributed by atoms with van der Waals surface area (Å²) in [5, 5.41) is 5.44. The average Bonchev–Trinajstić information content (AvgIpc) is 2.38. The van der Waals surface area contributed by atoms with Crippen LogP contribution in [0, 0.1) is 3.57 Å². The standard InChI is InChI=1S/C15H13IN2O2/c1-10(19)11-4-2-6-13(8-11)17-15(20)18-14-7-3-5-12(16)9-14/h2-9H,1H3,(H2,17,18,20). The minimum absolute atomic E-state index is 0.0355. The van der Waals surface area contributed by atoms with Gasteiger partial charge in [0.2, 0.25) is 0 Å². The number of nitrogens with one attached hydrogen (secondary N) is 2. The van der Waals surface area contributed by atoms with E-state index in [0.717, 1.165) is 9.26 Å². The summed E-state index contributed by atoms with van der Waals surface area (Å²) < 4.78 is 1.04. The van der Waals surface area contributed by atoms with Crippen molar-refractivity contribution in [2.24, 2.45) is 0 Å². The number of hydrogen-bond acceptors (Lipinski definition) is 2. The highest BCUT2D eigenvalue weighted by molar-refractivity contribution is 14.1. The topological polar surface area (TPSA) is 58.2 Å². The van der Waals surface area contributed by atoms with Gasteiger partial charge in [-0.3, -0.25) is 4.79 Å². The highest BCUT2D eigenvalue weighted by atomic mass is 127. The molecule has 0 bridgehead atoms. The van der Waals surface area contributed by atoms with Gasteiger partial charge in [0, 0.05) is 20.5 Å². The molecule has 0 fully saturated rings. The second-order valence-electron chi connectivity index (χ2n) is 4.23. The SMILES string of the molecule is CC(=O)c1cccc(NC(=O)Nc2cccc(I)c2)c1. The first-order chi connectivity index (χ1) is 9.54. The van der Waals surface area contributed by atoms with Crippen LogP contribution >= 0.6 is 22.6 Å². The number of ketones is 1. The Bertz CT molecular complexity index is 656. The van der Waals surface area contributed by atoms with Gasteiger partial charge in [-0.25, -0.2) is 4.79 Å². The fourth-order valence-corrected chi connectivity index (χ4v) is 2.22. The minimum atomic E-state index is -0.340. The molecule has 2 aromatic carbocycles. The Morgan fingerprint density at radius 3 is 2.15 bits per heavy atom. The van der Waals surface area contributed by atoms with E-state index in [1.54, 1.807) is 24.3 Å². The van der Waals surface area contributed by atoms with Gasteiger partial charge in [0.15, 0.2) is 5.78 Å². The largest absolute Gasteiger partial charge is 0.323 e. The zero-order valence-electron chi connectivity index (χ0n) is 10.8. The molecule has 0 radical (unpaired) electrons. The number of hydrogen-bond donors (Lipinski definition) is 2. The number of rotatable bonds is 3. The Morgan fingerprint density at radius 2 is 1.55 bits per heavy atom. The van der Waals surface area contributed by atoms with Gasteiger partial charge in [-0.05, 0) is 59.8 Å². The van der Waals surface area contributed by atoms with Crippen LogP contribution in [0.4, 0.5) is 16.2 Å². The van der Waals surface area contributed by atoms with E-state index in [1.807, 2.05) is 24.3 Å². The molecule has 0 aliphatic heterocycles. The van der Waals surface area contributed by atoms with Crippen LogP contribution in [0.3, 0.4) is 0 Å². The summed E-state index contributed by atoms with van der Waals surface area (Å²) in [5.41, 5.74) is 1.87. The van der Waals surface area contributed by atoms with Gasteiger partial charge < -0.3 is 10.6 Å². The number of carbonyl (C=O) groups excluding carboxylic acids is 2. The van der Waals surface area contributed by atoms with E-state index < -0.39 is 0 Å². The summed E-state index contributed by atoms with van der Waals surface area (Å²) in [6, 6.07) is 14.0. The average molecular weight is 380 g/mol. The van der Waals surface area contributed by atoms with E-state index in [0.29, 0.717) is 11.3 Å². The zero-order valence-corrected chi connectivity index (χ0v) is 13.0. The number of halogens is 1. The quantitative estimate of drug-likeness (QED) is 0.621. The predicted octanol–water partition coefficient (Wildman–Crippen LogP) is 4.14. The molecule has 0 spiro atoms. The number of Topliss-reactive ketones (excluding diaryl/α,β-unsaturated/α-hetero) is 1. The molecule has 20 heavy (non-hydrogen) atoms. The summed E-state index contributed by atoms with van der Waals surface area (Å²) in [5.74, 6) is -0.0355. The van der Waals surface area contributed by atoms with Crippen molar-refractivity contribution >= 4 is 45.8 Å². The second kappa shape index (κ2) is 6.51. The highest BCUT2D eigenvalue weighted by Gasteiger charge is 2.05. The molecule has 0 aliphatic carbocycles. The van der Waals surface area contributed by atoms with Gasteiger partial charge in [-0.2, -0.15) is 0 Å². The van der Waals surface area contributed by atoms with Crippen LogP contribution in [0.2, 0.25) is 0 Å². The first-order valence-corrected chi connectivity index (χ1v) is 7.07. The van der Waals surface area contributed by atoms with Gasteiger partial charge >= 0.3 is 6.03 Å². The normalized spacial score (nSPS) is 9.90. The maximum atomic E-state index is 11.9.